The fourth-order valence-electron chi connectivity index (χ4n) is 4.32. The molecule has 166 valence electrons. The van der Waals surface area contributed by atoms with Gasteiger partial charge in [0.15, 0.2) is 5.82 Å². The Morgan fingerprint density at radius 3 is 2.59 bits per heavy atom. The Morgan fingerprint density at radius 1 is 1.09 bits per heavy atom. The van der Waals surface area contributed by atoms with Crippen molar-refractivity contribution < 1.29 is 5.11 Å². The van der Waals surface area contributed by atoms with E-state index in [1.165, 1.54) is 5.56 Å². The number of nitrogen functional groups attached to an aromatic ring is 1. The van der Waals surface area contributed by atoms with Gasteiger partial charge in [-0.3, -0.25) is 0 Å². The first-order valence-corrected chi connectivity index (χ1v) is 10.8. The molecular weight excluding hydrogens is 422 g/mol. The minimum atomic E-state index is 0. The number of piperidine rings is 1. The highest BCUT2D eigenvalue weighted by atomic mass is 35.5. The first kappa shape index (κ1) is 23.5. The van der Waals surface area contributed by atoms with Crippen molar-refractivity contribution in [3.8, 4) is 23.2 Å². The van der Waals surface area contributed by atoms with Crippen LogP contribution in [0.15, 0.2) is 54.6 Å². The van der Waals surface area contributed by atoms with E-state index in [0.29, 0.717) is 22.6 Å². The highest BCUT2D eigenvalue weighted by Gasteiger charge is 2.27. The summed E-state index contributed by atoms with van der Waals surface area (Å²) < 4.78 is 0. The summed E-state index contributed by atoms with van der Waals surface area (Å²) in [5.41, 5.74) is 9.07. The molecular formula is C25H28ClN5O. The molecule has 0 saturated carbocycles. The molecule has 2 heterocycles. The average molecular weight is 450 g/mol. The van der Waals surface area contributed by atoms with E-state index < -0.39 is 0 Å². The van der Waals surface area contributed by atoms with Crippen LogP contribution in [0, 0.1) is 11.3 Å². The zero-order chi connectivity index (χ0) is 21.6. The number of hydrogen-bond acceptors (Lipinski definition) is 6. The Balaban J connectivity index is 0.00000289. The number of aryl methyl sites for hydroxylation is 1. The Bertz CT molecular complexity index is 1080. The third-order valence-electron chi connectivity index (χ3n) is 5.90. The molecule has 1 fully saturated rings. The van der Waals surface area contributed by atoms with Crippen LogP contribution in [-0.2, 0) is 6.42 Å². The Kier molecular flexibility index (Phi) is 8.04. The fourth-order valence-corrected chi connectivity index (χ4v) is 4.32. The monoisotopic (exact) mass is 449 g/mol. The number of nitriles is 1. The van der Waals surface area contributed by atoms with Crippen molar-refractivity contribution in [3.05, 3.63) is 71.4 Å². The molecule has 1 aromatic heterocycles. The van der Waals surface area contributed by atoms with E-state index in [1.807, 2.05) is 12.1 Å². The van der Waals surface area contributed by atoms with Crippen LogP contribution in [0.25, 0.3) is 11.4 Å². The summed E-state index contributed by atoms with van der Waals surface area (Å²) >= 11 is 0. The van der Waals surface area contributed by atoms with Crippen LogP contribution < -0.4 is 5.73 Å². The van der Waals surface area contributed by atoms with Crippen molar-refractivity contribution in [1.82, 2.24) is 14.9 Å². The number of hydrogen-bond donors (Lipinski definition) is 2. The maximum Gasteiger partial charge on any atom is 0.165 e. The van der Waals surface area contributed by atoms with E-state index in [-0.39, 0.29) is 29.9 Å². The number of anilines is 1. The van der Waals surface area contributed by atoms with E-state index in [9.17, 15) is 10.4 Å². The van der Waals surface area contributed by atoms with Crippen LogP contribution in [0.1, 0.15) is 42.0 Å². The number of halogens is 1. The van der Waals surface area contributed by atoms with Gasteiger partial charge >= 0.3 is 0 Å². The number of nitrogens with two attached hydrogens (primary N) is 1. The molecule has 2 aromatic carbocycles. The lowest BCUT2D eigenvalue weighted by Crippen LogP contribution is -2.36. The third-order valence-corrected chi connectivity index (χ3v) is 5.90. The smallest absolute Gasteiger partial charge is 0.165 e. The Morgan fingerprint density at radius 2 is 1.84 bits per heavy atom. The van der Waals surface area contributed by atoms with Gasteiger partial charge in [-0.1, -0.05) is 42.5 Å². The van der Waals surface area contributed by atoms with Gasteiger partial charge in [0.1, 0.15) is 23.2 Å². The summed E-state index contributed by atoms with van der Waals surface area (Å²) in [7, 11) is 0. The van der Waals surface area contributed by atoms with Gasteiger partial charge in [-0.2, -0.15) is 5.26 Å². The highest BCUT2D eigenvalue weighted by molar-refractivity contribution is 5.85. The van der Waals surface area contributed by atoms with E-state index >= 15 is 0 Å². The lowest BCUT2D eigenvalue weighted by molar-refractivity contribution is 0.204. The second-order valence-corrected chi connectivity index (χ2v) is 8.05. The quantitative estimate of drug-likeness (QED) is 0.573. The standard InChI is InChI=1S/C25H27N5O.ClH/c26-16-21-23(28-25(29-24(21)27)20-12-4-5-13-22(20)31)19-11-7-15-30(17-19)14-6-10-18-8-2-1-3-9-18;/h1-5,8-9,12-13,19,31H,6-7,10-11,14-15,17H2,(H2,27,28,29);1H. The summed E-state index contributed by atoms with van der Waals surface area (Å²) in [5, 5.41) is 19.9. The first-order valence-electron chi connectivity index (χ1n) is 10.8. The zero-order valence-electron chi connectivity index (χ0n) is 17.9. The molecule has 4 rings (SSSR count). The SMILES string of the molecule is Cl.N#Cc1c(N)nc(-c2ccccc2O)nc1C1CCCN(CCCc2ccccc2)C1. The van der Waals surface area contributed by atoms with Crippen LogP contribution in [0.5, 0.6) is 5.75 Å². The molecule has 1 aliphatic heterocycles. The lowest BCUT2D eigenvalue weighted by Gasteiger charge is -2.33. The second-order valence-electron chi connectivity index (χ2n) is 8.05. The zero-order valence-corrected chi connectivity index (χ0v) is 18.8. The lowest BCUT2D eigenvalue weighted by atomic mass is 9.91. The van der Waals surface area contributed by atoms with Crippen molar-refractivity contribution >= 4 is 18.2 Å². The minimum Gasteiger partial charge on any atom is -0.507 e. The number of aromatic nitrogens is 2. The number of nitrogens with zero attached hydrogens (tertiary/aromatic N) is 4. The van der Waals surface area contributed by atoms with E-state index in [1.54, 1.807) is 18.2 Å². The summed E-state index contributed by atoms with van der Waals surface area (Å²) in [6.45, 7) is 2.92. The predicted octanol–water partition coefficient (Wildman–Crippen LogP) is 4.54. The van der Waals surface area contributed by atoms with Crippen LogP contribution in [0.4, 0.5) is 5.82 Å². The predicted molar refractivity (Wildman–Crippen MR) is 129 cm³/mol. The number of rotatable bonds is 6. The van der Waals surface area contributed by atoms with Crippen molar-refractivity contribution in [1.29, 1.82) is 5.26 Å². The van der Waals surface area contributed by atoms with Crippen LogP contribution in [0.3, 0.4) is 0 Å². The van der Waals surface area contributed by atoms with Crippen LogP contribution in [-0.4, -0.2) is 39.6 Å². The van der Waals surface area contributed by atoms with Crippen LogP contribution >= 0.6 is 12.4 Å². The van der Waals surface area contributed by atoms with Gasteiger partial charge < -0.3 is 15.7 Å². The van der Waals surface area contributed by atoms with Crippen molar-refractivity contribution in [3.63, 3.8) is 0 Å². The van der Waals surface area contributed by atoms with Gasteiger partial charge in [0, 0.05) is 12.5 Å². The van der Waals surface area contributed by atoms with Gasteiger partial charge in [0.05, 0.1) is 11.3 Å². The number of likely N-dealkylation sites (tertiary alicyclic amines) is 1. The number of para-hydroxylation sites is 1. The molecule has 0 bridgehead atoms. The third kappa shape index (κ3) is 5.37. The molecule has 1 unspecified atom stereocenters. The van der Waals surface area contributed by atoms with Gasteiger partial charge in [0.2, 0.25) is 0 Å². The molecule has 0 amide bonds. The highest BCUT2D eigenvalue weighted by Crippen LogP contribution is 2.33. The van der Waals surface area contributed by atoms with Crippen LogP contribution in [0.2, 0.25) is 0 Å². The Hall–Kier alpha value is -3.14. The molecule has 7 heteroatoms. The van der Waals surface area contributed by atoms with Gasteiger partial charge in [-0.05, 0) is 56.5 Å². The van der Waals surface area contributed by atoms with Crippen molar-refractivity contribution in [2.45, 2.75) is 31.6 Å². The normalized spacial score (nSPS) is 16.2. The maximum atomic E-state index is 10.2. The first-order chi connectivity index (χ1) is 15.2. The number of phenolic OH excluding ortho intramolecular Hbond substituents is 1. The summed E-state index contributed by atoms with van der Waals surface area (Å²) in [4.78, 5) is 11.5. The summed E-state index contributed by atoms with van der Waals surface area (Å²) in [5.74, 6) is 0.761. The van der Waals surface area contributed by atoms with Gasteiger partial charge in [0.25, 0.3) is 0 Å². The summed E-state index contributed by atoms with van der Waals surface area (Å²) in [6, 6.07) is 19.7. The maximum absolute atomic E-state index is 10.2. The second kappa shape index (κ2) is 10.9. The number of benzene rings is 2. The van der Waals surface area contributed by atoms with E-state index in [2.05, 4.69) is 40.2 Å². The largest absolute Gasteiger partial charge is 0.507 e. The van der Waals surface area contributed by atoms with Crippen molar-refractivity contribution in [2.24, 2.45) is 0 Å². The van der Waals surface area contributed by atoms with Gasteiger partial charge in [-0.25, -0.2) is 9.97 Å². The topological polar surface area (TPSA) is 99.1 Å². The molecule has 1 aliphatic rings. The van der Waals surface area contributed by atoms with Gasteiger partial charge in [-0.15, -0.1) is 12.4 Å². The molecule has 1 saturated heterocycles. The van der Waals surface area contributed by atoms with Crippen molar-refractivity contribution in [2.75, 3.05) is 25.4 Å². The fraction of sp³-hybridized carbons (Fsp3) is 0.320. The molecule has 32 heavy (non-hydrogen) atoms. The van der Waals surface area contributed by atoms with E-state index in [4.69, 9.17) is 10.7 Å². The number of phenols is 1. The molecule has 6 nitrogen and oxygen atoms in total. The van der Waals surface area contributed by atoms with E-state index in [0.717, 1.165) is 45.3 Å². The molecule has 3 aromatic rings. The molecule has 3 N–H and O–H groups in total. The number of aromatic hydroxyl groups is 1. The molecule has 0 aliphatic carbocycles. The molecule has 0 spiro atoms. The molecule has 0 radical (unpaired) electrons. The average Bonchev–Trinajstić information content (AvgIpc) is 2.80. The minimum absolute atomic E-state index is 0. The molecule has 1 atom stereocenters. The summed E-state index contributed by atoms with van der Waals surface area (Å²) in [6.07, 6.45) is 4.16. The Labute approximate surface area is 195 Å².